The standard InChI is InChI=1S/C16H13ClN4OS/c17-12-8-11(9-13-15(12)20-16(21-18)23-13)19-14(22)7-6-10-4-2-1-3-5-10/h1-9H,18H2,(H,19,22)(H,20,21)/b7-6+. The molecule has 2 aromatic carbocycles. The maximum Gasteiger partial charge on any atom is 0.248 e. The fourth-order valence-electron chi connectivity index (χ4n) is 2.04. The molecule has 0 bridgehead atoms. The summed E-state index contributed by atoms with van der Waals surface area (Å²) in [5, 5.41) is 3.81. The molecule has 0 aliphatic heterocycles. The molecule has 23 heavy (non-hydrogen) atoms. The zero-order valence-corrected chi connectivity index (χ0v) is 13.5. The summed E-state index contributed by atoms with van der Waals surface area (Å²) in [6, 6.07) is 13.1. The van der Waals surface area contributed by atoms with Gasteiger partial charge in [-0.2, -0.15) is 0 Å². The van der Waals surface area contributed by atoms with Gasteiger partial charge in [-0.25, -0.2) is 10.8 Å². The highest BCUT2D eigenvalue weighted by Crippen LogP contribution is 2.33. The number of rotatable bonds is 4. The third-order valence-electron chi connectivity index (χ3n) is 3.07. The number of hydrogen-bond acceptors (Lipinski definition) is 5. The lowest BCUT2D eigenvalue weighted by atomic mass is 10.2. The first-order chi connectivity index (χ1) is 11.2. The second kappa shape index (κ2) is 6.78. The first kappa shape index (κ1) is 15.5. The third-order valence-corrected chi connectivity index (χ3v) is 4.29. The molecule has 0 aliphatic rings. The van der Waals surface area contributed by atoms with Gasteiger partial charge in [0.25, 0.3) is 0 Å². The number of nitrogen functional groups attached to an aromatic ring is 1. The number of amides is 1. The number of fused-ring (bicyclic) bond motifs is 1. The Hall–Kier alpha value is -2.41. The maximum atomic E-state index is 12.0. The highest BCUT2D eigenvalue weighted by molar-refractivity contribution is 7.22. The summed E-state index contributed by atoms with van der Waals surface area (Å²) in [4.78, 5) is 16.3. The van der Waals surface area contributed by atoms with E-state index in [1.165, 1.54) is 17.4 Å². The van der Waals surface area contributed by atoms with Crippen molar-refractivity contribution in [1.29, 1.82) is 0 Å². The van der Waals surface area contributed by atoms with Crippen molar-refractivity contribution in [1.82, 2.24) is 4.98 Å². The molecule has 0 fully saturated rings. The fraction of sp³-hybridized carbons (Fsp3) is 0. The van der Waals surface area contributed by atoms with Crippen molar-refractivity contribution in [2.75, 3.05) is 10.7 Å². The van der Waals surface area contributed by atoms with Crippen LogP contribution in [0.3, 0.4) is 0 Å². The number of nitrogens with two attached hydrogens (primary N) is 1. The fourth-order valence-corrected chi connectivity index (χ4v) is 3.20. The monoisotopic (exact) mass is 344 g/mol. The zero-order valence-electron chi connectivity index (χ0n) is 11.9. The minimum Gasteiger partial charge on any atom is -0.322 e. The van der Waals surface area contributed by atoms with Gasteiger partial charge in [-0.05, 0) is 23.8 Å². The Morgan fingerprint density at radius 1 is 1.26 bits per heavy atom. The van der Waals surface area contributed by atoms with Crippen molar-refractivity contribution in [2.24, 2.45) is 5.84 Å². The summed E-state index contributed by atoms with van der Waals surface area (Å²) in [6.07, 6.45) is 3.23. The van der Waals surface area contributed by atoms with Gasteiger partial charge in [-0.1, -0.05) is 53.3 Å². The molecule has 3 rings (SSSR count). The largest absolute Gasteiger partial charge is 0.322 e. The van der Waals surface area contributed by atoms with Gasteiger partial charge < -0.3 is 5.32 Å². The van der Waals surface area contributed by atoms with Crippen LogP contribution in [-0.2, 0) is 4.79 Å². The molecule has 0 radical (unpaired) electrons. The highest BCUT2D eigenvalue weighted by atomic mass is 35.5. The number of carbonyl (C=O) groups excluding carboxylic acids is 1. The molecule has 5 nitrogen and oxygen atoms in total. The summed E-state index contributed by atoms with van der Waals surface area (Å²) in [7, 11) is 0. The van der Waals surface area contributed by atoms with Crippen LogP contribution in [0.5, 0.6) is 0 Å². The topological polar surface area (TPSA) is 80.0 Å². The third kappa shape index (κ3) is 3.68. The van der Waals surface area contributed by atoms with E-state index in [1.807, 2.05) is 36.4 Å². The number of thiazole rings is 1. The van der Waals surface area contributed by atoms with Gasteiger partial charge in [0.2, 0.25) is 5.91 Å². The van der Waals surface area contributed by atoms with E-state index in [0.29, 0.717) is 21.4 Å². The Morgan fingerprint density at radius 2 is 2.04 bits per heavy atom. The minimum absolute atomic E-state index is 0.231. The average Bonchev–Trinajstić information content (AvgIpc) is 2.98. The van der Waals surface area contributed by atoms with Gasteiger partial charge in [0.05, 0.1) is 9.72 Å². The molecule has 116 valence electrons. The quantitative estimate of drug-likeness (QED) is 0.381. The van der Waals surface area contributed by atoms with Gasteiger partial charge in [0, 0.05) is 11.8 Å². The first-order valence-electron chi connectivity index (χ1n) is 6.76. The van der Waals surface area contributed by atoms with Crippen LogP contribution in [-0.4, -0.2) is 10.9 Å². The molecule has 4 N–H and O–H groups in total. The number of hydrogen-bond donors (Lipinski definition) is 3. The van der Waals surface area contributed by atoms with Gasteiger partial charge in [-0.3, -0.25) is 10.2 Å². The predicted octanol–water partition coefficient (Wildman–Crippen LogP) is 3.89. The smallest absolute Gasteiger partial charge is 0.248 e. The van der Waals surface area contributed by atoms with Crippen molar-refractivity contribution < 1.29 is 4.79 Å². The molecule has 1 amide bonds. The molecule has 0 aliphatic carbocycles. The SMILES string of the molecule is NNc1nc2c(Cl)cc(NC(=O)/C=C/c3ccccc3)cc2s1. The van der Waals surface area contributed by atoms with E-state index < -0.39 is 0 Å². The van der Waals surface area contributed by atoms with Crippen LogP contribution in [0.2, 0.25) is 5.02 Å². The number of anilines is 2. The van der Waals surface area contributed by atoms with Crippen LogP contribution >= 0.6 is 22.9 Å². The molecule has 1 aromatic heterocycles. The van der Waals surface area contributed by atoms with E-state index in [-0.39, 0.29) is 5.91 Å². The molecule has 0 saturated carbocycles. The second-order valence-corrected chi connectivity index (χ2v) is 6.14. The molecular weight excluding hydrogens is 332 g/mol. The van der Waals surface area contributed by atoms with Crippen LogP contribution in [0.4, 0.5) is 10.8 Å². The lowest BCUT2D eigenvalue weighted by Gasteiger charge is -2.03. The molecule has 0 spiro atoms. The molecule has 1 heterocycles. The normalized spacial score (nSPS) is 11.0. The number of halogens is 1. The molecule has 0 saturated heterocycles. The van der Waals surface area contributed by atoms with E-state index in [1.54, 1.807) is 12.1 Å². The lowest BCUT2D eigenvalue weighted by Crippen LogP contribution is -2.07. The number of carbonyl (C=O) groups is 1. The summed E-state index contributed by atoms with van der Waals surface area (Å²) in [5.41, 5.74) is 4.71. The van der Waals surface area contributed by atoms with E-state index in [4.69, 9.17) is 17.4 Å². The number of benzene rings is 2. The predicted molar refractivity (Wildman–Crippen MR) is 96.5 cm³/mol. The first-order valence-corrected chi connectivity index (χ1v) is 7.96. The summed E-state index contributed by atoms with van der Waals surface area (Å²) in [5.74, 6) is 5.12. The Labute approximate surface area is 141 Å². The number of aromatic nitrogens is 1. The Kier molecular flexibility index (Phi) is 4.57. The van der Waals surface area contributed by atoms with Crippen LogP contribution in [0.15, 0.2) is 48.5 Å². The average molecular weight is 345 g/mol. The van der Waals surface area contributed by atoms with Crippen molar-refractivity contribution >= 4 is 56.0 Å². The number of nitrogens with one attached hydrogen (secondary N) is 2. The Bertz CT molecular complexity index is 876. The molecule has 0 atom stereocenters. The van der Waals surface area contributed by atoms with Crippen LogP contribution in [0.25, 0.3) is 16.3 Å². The maximum absolute atomic E-state index is 12.0. The second-order valence-electron chi connectivity index (χ2n) is 4.70. The molecular formula is C16H13ClN4OS. The molecule has 0 unspecified atom stereocenters. The molecule has 7 heteroatoms. The summed E-state index contributed by atoms with van der Waals surface area (Å²) in [6.45, 7) is 0. The lowest BCUT2D eigenvalue weighted by molar-refractivity contribution is -0.111. The Balaban J connectivity index is 1.78. The van der Waals surface area contributed by atoms with Crippen molar-refractivity contribution in [3.8, 4) is 0 Å². The van der Waals surface area contributed by atoms with Crippen LogP contribution in [0.1, 0.15) is 5.56 Å². The van der Waals surface area contributed by atoms with Crippen LogP contribution < -0.4 is 16.6 Å². The van der Waals surface area contributed by atoms with Crippen molar-refractivity contribution in [3.63, 3.8) is 0 Å². The van der Waals surface area contributed by atoms with E-state index in [9.17, 15) is 4.79 Å². The minimum atomic E-state index is -0.231. The van der Waals surface area contributed by atoms with E-state index >= 15 is 0 Å². The van der Waals surface area contributed by atoms with Gasteiger partial charge >= 0.3 is 0 Å². The van der Waals surface area contributed by atoms with Gasteiger partial charge in [0.15, 0.2) is 5.13 Å². The van der Waals surface area contributed by atoms with Gasteiger partial charge in [-0.15, -0.1) is 0 Å². The van der Waals surface area contributed by atoms with Crippen molar-refractivity contribution in [2.45, 2.75) is 0 Å². The zero-order chi connectivity index (χ0) is 16.2. The highest BCUT2D eigenvalue weighted by Gasteiger charge is 2.09. The summed E-state index contributed by atoms with van der Waals surface area (Å²) < 4.78 is 0.841. The summed E-state index contributed by atoms with van der Waals surface area (Å²) >= 11 is 7.56. The van der Waals surface area contributed by atoms with E-state index in [0.717, 1.165) is 10.3 Å². The van der Waals surface area contributed by atoms with Crippen molar-refractivity contribution in [3.05, 3.63) is 59.1 Å². The van der Waals surface area contributed by atoms with Crippen LogP contribution in [0, 0.1) is 0 Å². The Morgan fingerprint density at radius 3 is 2.78 bits per heavy atom. The van der Waals surface area contributed by atoms with Gasteiger partial charge in [0.1, 0.15) is 5.52 Å². The molecule has 3 aromatic rings. The van der Waals surface area contributed by atoms with E-state index in [2.05, 4.69) is 15.7 Å². The number of hydrazine groups is 1. The number of nitrogens with zero attached hydrogens (tertiary/aromatic N) is 1.